The Kier molecular flexibility index (Phi) is 4.93. The van der Waals surface area contributed by atoms with E-state index in [1.54, 1.807) is 0 Å². The van der Waals surface area contributed by atoms with Gasteiger partial charge in [0.05, 0.1) is 0 Å². The van der Waals surface area contributed by atoms with E-state index >= 15 is 0 Å². The van der Waals surface area contributed by atoms with Crippen molar-refractivity contribution in [2.24, 2.45) is 11.7 Å². The highest BCUT2D eigenvalue weighted by Gasteiger charge is 2.15. The van der Waals surface area contributed by atoms with Crippen LogP contribution in [-0.4, -0.2) is 21.3 Å². The van der Waals surface area contributed by atoms with E-state index in [-0.39, 0.29) is 11.3 Å². The molecule has 0 radical (unpaired) electrons. The Morgan fingerprint density at radius 2 is 1.73 bits per heavy atom. The number of nitrogens with two attached hydrogens (primary N) is 1. The molecule has 11 heavy (non-hydrogen) atoms. The van der Waals surface area contributed by atoms with Gasteiger partial charge in [-0.1, -0.05) is 13.8 Å². The maximum absolute atomic E-state index is 11.4. The molecule has 0 aromatic rings. The monoisotopic (exact) mass is 177 g/mol. The molecule has 68 valence electrons. The van der Waals surface area contributed by atoms with Crippen LogP contribution in [-0.2, 0) is 10.8 Å². The molecule has 3 heteroatoms. The van der Waals surface area contributed by atoms with Crippen LogP contribution in [0.15, 0.2) is 0 Å². The molecule has 2 N–H and O–H groups in total. The van der Waals surface area contributed by atoms with E-state index in [1.807, 2.05) is 13.8 Å². The summed E-state index contributed by atoms with van der Waals surface area (Å²) in [5, 5.41) is 0.123. The van der Waals surface area contributed by atoms with Crippen molar-refractivity contribution in [3.63, 3.8) is 0 Å². The van der Waals surface area contributed by atoms with Gasteiger partial charge in [0.2, 0.25) is 0 Å². The molecule has 0 bridgehead atoms. The zero-order chi connectivity index (χ0) is 9.02. The SMILES string of the molecule is CC(C)CS(=O)C(C)C(C)N. The Morgan fingerprint density at radius 3 is 2.00 bits per heavy atom. The molecule has 0 aliphatic rings. The summed E-state index contributed by atoms with van der Waals surface area (Å²) < 4.78 is 11.4. The van der Waals surface area contributed by atoms with Crippen LogP contribution in [0.4, 0.5) is 0 Å². The van der Waals surface area contributed by atoms with Crippen LogP contribution in [0.5, 0.6) is 0 Å². The van der Waals surface area contributed by atoms with Crippen LogP contribution in [0, 0.1) is 5.92 Å². The molecule has 0 spiro atoms. The molecule has 0 rings (SSSR count). The Labute approximate surface area is 72.0 Å². The first-order valence-corrected chi connectivity index (χ1v) is 5.46. The van der Waals surface area contributed by atoms with Gasteiger partial charge >= 0.3 is 0 Å². The van der Waals surface area contributed by atoms with Crippen LogP contribution in [0.25, 0.3) is 0 Å². The molecule has 3 atom stereocenters. The Balaban J connectivity index is 3.83. The van der Waals surface area contributed by atoms with Crippen molar-refractivity contribution in [1.29, 1.82) is 0 Å². The molecular weight excluding hydrogens is 158 g/mol. The fourth-order valence-electron chi connectivity index (χ4n) is 0.720. The second-order valence-electron chi connectivity index (χ2n) is 3.51. The summed E-state index contributed by atoms with van der Waals surface area (Å²) in [5.74, 6) is 1.26. The average Bonchev–Trinajstić information content (AvgIpc) is 1.84. The standard InChI is InChI=1S/C8H19NOS/c1-6(2)5-11(10)8(4)7(3)9/h6-8H,5,9H2,1-4H3. The molecular formula is C8H19NOS. The molecule has 0 fully saturated rings. The second-order valence-corrected chi connectivity index (χ2v) is 5.34. The lowest BCUT2D eigenvalue weighted by Gasteiger charge is -2.16. The number of hydrogen-bond donors (Lipinski definition) is 1. The predicted octanol–water partition coefficient (Wildman–Crippen LogP) is 1.13. The molecule has 3 unspecified atom stereocenters. The van der Waals surface area contributed by atoms with Gasteiger partial charge in [-0.2, -0.15) is 0 Å². The van der Waals surface area contributed by atoms with E-state index in [1.165, 1.54) is 0 Å². The van der Waals surface area contributed by atoms with Crippen molar-refractivity contribution in [3.8, 4) is 0 Å². The van der Waals surface area contributed by atoms with Crippen LogP contribution in [0.2, 0.25) is 0 Å². The lowest BCUT2D eigenvalue weighted by atomic mass is 10.3. The van der Waals surface area contributed by atoms with Gasteiger partial charge in [-0.25, -0.2) is 0 Å². The third kappa shape index (κ3) is 4.53. The minimum atomic E-state index is -0.750. The minimum Gasteiger partial charge on any atom is -0.327 e. The summed E-state index contributed by atoms with van der Waals surface area (Å²) in [6, 6.07) is 0.0367. The third-order valence-corrected chi connectivity index (χ3v) is 3.91. The molecule has 0 aromatic carbocycles. The first-order valence-electron chi connectivity index (χ1n) is 4.08. The molecule has 0 saturated carbocycles. The van der Waals surface area contributed by atoms with Gasteiger partial charge < -0.3 is 5.73 Å². The first-order chi connectivity index (χ1) is 4.95. The molecule has 0 amide bonds. The van der Waals surface area contributed by atoms with Gasteiger partial charge in [-0.15, -0.1) is 0 Å². The van der Waals surface area contributed by atoms with Gasteiger partial charge in [0, 0.05) is 27.8 Å². The average molecular weight is 177 g/mol. The molecule has 2 nitrogen and oxygen atoms in total. The highest BCUT2D eigenvalue weighted by atomic mass is 32.2. The van der Waals surface area contributed by atoms with E-state index in [2.05, 4.69) is 13.8 Å². The van der Waals surface area contributed by atoms with Crippen molar-refractivity contribution in [1.82, 2.24) is 0 Å². The van der Waals surface area contributed by atoms with E-state index in [4.69, 9.17) is 5.73 Å². The number of rotatable bonds is 4. The first kappa shape index (κ1) is 11.1. The largest absolute Gasteiger partial charge is 0.327 e. The smallest absolute Gasteiger partial charge is 0.0468 e. The summed E-state index contributed by atoms with van der Waals surface area (Å²) in [4.78, 5) is 0. The molecule has 0 aromatic heterocycles. The number of hydrogen-bond acceptors (Lipinski definition) is 2. The fraction of sp³-hybridized carbons (Fsp3) is 1.00. The lowest BCUT2D eigenvalue weighted by molar-refractivity contribution is 0.634. The third-order valence-electron chi connectivity index (χ3n) is 1.65. The highest BCUT2D eigenvalue weighted by molar-refractivity contribution is 7.85. The normalized spacial score (nSPS) is 19.8. The lowest BCUT2D eigenvalue weighted by Crippen LogP contribution is -2.34. The molecule has 0 saturated heterocycles. The maximum atomic E-state index is 11.4. The van der Waals surface area contributed by atoms with Crippen molar-refractivity contribution in [2.75, 3.05) is 5.75 Å². The van der Waals surface area contributed by atoms with Gasteiger partial charge in [0.15, 0.2) is 0 Å². The zero-order valence-electron chi connectivity index (χ0n) is 7.83. The quantitative estimate of drug-likeness (QED) is 0.699. The van der Waals surface area contributed by atoms with Crippen molar-refractivity contribution >= 4 is 10.8 Å². The van der Waals surface area contributed by atoms with Gasteiger partial charge in [-0.05, 0) is 19.8 Å². The van der Waals surface area contributed by atoms with Crippen molar-refractivity contribution in [3.05, 3.63) is 0 Å². The summed E-state index contributed by atoms with van der Waals surface area (Å²) in [6.07, 6.45) is 0. The topological polar surface area (TPSA) is 43.1 Å². The Bertz CT molecular complexity index is 134. The van der Waals surface area contributed by atoms with Crippen LogP contribution >= 0.6 is 0 Å². The second kappa shape index (κ2) is 4.88. The van der Waals surface area contributed by atoms with Crippen LogP contribution < -0.4 is 5.73 Å². The zero-order valence-corrected chi connectivity index (χ0v) is 8.65. The van der Waals surface area contributed by atoms with E-state index in [0.29, 0.717) is 5.92 Å². The van der Waals surface area contributed by atoms with Gasteiger partial charge in [0.25, 0.3) is 0 Å². The molecule has 0 aliphatic heterocycles. The van der Waals surface area contributed by atoms with Gasteiger partial charge in [-0.3, -0.25) is 4.21 Å². The fourth-order valence-corrected chi connectivity index (χ4v) is 2.16. The van der Waals surface area contributed by atoms with Crippen LogP contribution in [0.1, 0.15) is 27.7 Å². The van der Waals surface area contributed by atoms with Crippen molar-refractivity contribution < 1.29 is 4.21 Å². The summed E-state index contributed by atoms with van der Waals surface area (Å²) in [6.45, 7) is 8.00. The summed E-state index contributed by atoms with van der Waals surface area (Å²) in [5.41, 5.74) is 5.62. The van der Waals surface area contributed by atoms with E-state index in [9.17, 15) is 4.21 Å². The van der Waals surface area contributed by atoms with E-state index < -0.39 is 10.8 Å². The minimum absolute atomic E-state index is 0.0367. The Morgan fingerprint density at radius 1 is 1.27 bits per heavy atom. The highest BCUT2D eigenvalue weighted by Crippen LogP contribution is 2.04. The van der Waals surface area contributed by atoms with Crippen molar-refractivity contribution in [2.45, 2.75) is 39.0 Å². The molecule has 0 aliphatic carbocycles. The van der Waals surface area contributed by atoms with E-state index in [0.717, 1.165) is 5.75 Å². The summed E-state index contributed by atoms with van der Waals surface area (Å²) in [7, 11) is -0.750. The maximum Gasteiger partial charge on any atom is 0.0468 e. The van der Waals surface area contributed by atoms with Crippen LogP contribution in [0.3, 0.4) is 0 Å². The summed E-state index contributed by atoms with van der Waals surface area (Å²) >= 11 is 0. The predicted molar refractivity (Wildman–Crippen MR) is 51.0 cm³/mol. The molecule has 0 heterocycles. The Hall–Kier alpha value is 0.110. The van der Waals surface area contributed by atoms with Gasteiger partial charge in [0.1, 0.15) is 0 Å².